The lowest BCUT2D eigenvalue weighted by Gasteiger charge is -2.18. The fraction of sp³-hybridized carbons (Fsp3) is 0.375. The molecule has 0 aliphatic rings. The first-order valence-electron chi connectivity index (χ1n) is 7.37. The molecule has 23 heavy (non-hydrogen) atoms. The highest BCUT2D eigenvalue weighted by atomic mass is 32.1. The van der Waals surface area contributed by atoms with Gasteiger partial charge in [0, 0.05) is 23.3 Å². The van der Waals surface area contributed by atoms with E-state index in [-0.39, 0.29) is 12.5 Å². The highest BCUT2D eigenvalue weighted by molar-refractivity contribution is 7.14. The second-order valence-corrected chi connectivity index (χ2v) is 6.33. The molecule has 0 aliphatic heterocycles. The summed E-state index contributed by atoms with van der Waals surface area (Å²) in [4.78, 5) is 20.7. The van der Waals surface area contributed by atoms with E-state index < -0.39 is 6.04 Å². The van der Waals surface area contributed by atoms with E-state index in [4.69, 9.17) is 5.26 Å². The van der Waals surface area contributed by atoms with Gasteiger partial charge in [-0.2, -0.15) is 5.26 Å². The van der Waals surface area contributed by atoms with Gasteiger partial charge in [0.1, 0.15) is 12.6 Å². The molecule has 0 aromatic carbocycles. The summed E-state index contributed by atoms with van der Waals surface area (Å²) in [5.74, 6) is 0.167. The molecule has 1 atom stereocenters. The van der Waals surface area contributed by atoms with Crippen molar-refractivity contribution < 1.29 is 4.79 Å². The fourth-order valence-corrected chi connectivity index (χ4v) is 2.87. The minimum Gasteiger partial charge on any atom is -0.350 e. The zero-order chi connectivity index (χ0) is 16.7. The molecular weight excluding hydrogens is 310 g/mol. The van der Waals surface area contributed by atoms with Crippen LogP contribution in [0.1, 0.15) is 20.3 Å². The van der Waals surface area contributed by atoms with Crippen molar-refractivity contribution in [2.75, 3.05) is 11.9 Å². The molecule has 2 aromatic rings. The van der Waals surface area contributed by atoms with Crippen LogP contribution >= 0.6 is 11.3 Å². The van der Waals surface area contributed by atoms with Gasteiger partial charge in [0.25, 0.3) is 0 Å². The van der Waals surface area contributed by atoms with Crippen LogP contribution in [0.2, 0.25) is 0 Å². The number of carbonyl (C=O) groups is 1. The SMILES string of the molecule is CC(C)CC(Nc1nc(-c2ccncc2)cs1)C(=O)NCC#N. The minimum atomic E-state index is -0.403. The van der Waals surface area contributed by atoms with Crippen LogP contribution < -0.4 is 10.6 Å². The summed E-state index contributed by atoms with van der Waals surface area (Å²) in [6.07, 6.45) is 4.11. The van der Waals surface area contributed by atoms with Gasteiger partial charge in [-0.25, -0.2) is 4.98 Å². The molecule has 0 fully saturated rings. The molecule has 2 N–H and O–H groups in total. The molecule has 0 radical (unpaired) electrons. The molecule has 0 bridgehead atoms. The first-order chi connectivity index (χ1) is 11.1. The lowest BCUT2D eigenvalue weighted by Crippen LogP contribution is -2.40. The maximum atomic E-state index is 12.2. The van der Waals surface area contributed by atoms with Crippen molar-refractivity contribution >= 4 is 22.4 Å². The van der Waals surface area contributed by atoms with Crippen LogP contribution in [0.5, 0.6) is 0 Å². The molecule has 6 nitrogen and oxygen atoms in total. The van der Waals surface area contributed by atoms with Crippen LogP contribution in [-0.4, -0.2) is 28.5 Å². The molecule has 0 saturated carbocycles. The van der Waals surface area contributed by atoms with Crippen molar-refractivity contribution in [3.63, 3.8) is 0 Å². The van der Waals surface area contributed by atoms with Crippen molar-refractivity contribution in [1.82, 2.24) is 15.3 Å². The van der Waals surface area contributed by atoms with Gasteiger partial charge in [0.05, 0.1) is 11.8 Å². The summed E-state index contributed by atoms with van der Waals surface area (Å²) < 4.78 is 0. The Morgan fingerprint density at radius 1 is 1.39 bits per heavy atom. The molecule has 0 saturated heterocycles. The molecule has 2 heterocycles. The zero-order valence-electron chi connectivity index (χ0n) is 13.1. The van der Waals surface area contributed by atoms with Gasteiger partial charge in [0.15, 0.2) is 5.13 Å². The molecule has 0 spiro atoms. The van der Waals surface area contributed by atoms with Gasteiger partial charge in [0.2, 0.25) is 5.91 Å². The van der Waals surface area contributed by atoms with Crippen molar-refractivity contribution in [3.8, 4) is 17.3 Å². The summed E-state index contributed by atoms with van der Waals surface area (Å²) in [5, 5.41) is 17.0. The normalized spacial score (nSPS) is 11.7. The third kappa shape index (κ3) is 5.04. The Bertz CT molecular complexity index is 677. The van der Waals surface area contributed by atoms with Gasteiger partial charge >= 0.3 is 0 Å². The van der Waals surface area contributed by atoms with Crippen LogP contribution in [0.3, 0.4) is 0 Å². The van der Waals surface area contributed by atoms with Crippen LogP contribution in [0.25, 0.3) is 11.3 Å². The summed E-state index contributed by atoms with van der Waals surface area (Å²) in [6.45, 7) is 4.11. The van der Waals surface area contributed by atoms with E-state index in [1.807, 2.05) is 23.6 Å². The average molecular weight is 329 g/mol. The predicted molar refractivity (Wildman–Crippen MR) is 90.8 cm³/mol. The number of nitrogens with one attached hydrogen (secondary N) is 2. The zero-order valence-corrected chi connectivity index (χ0v) is 13.9. The monoisotopic (exact) mass is 329 g/mol. The molecule has 1 amide bonds. The number of carbonyl (C=O) groups excluding carboxylic acids is 1. The van der Waals surface area contributed by atoms with Crippen LogP contribution in [-0.2, 0) is 4.79 Å². The Morgan fingerprint density at radius 3 is 2.78 bits per heavy atom. The summed E-state index contributed by atoms with van der Waals surface area (Å²) in [7, 11) is 0. The Morgan fingerprint density at radius 2 is 2.13 bits per heavy atom. The van der Waals surface area contributed by atoms with Crippen molar-refractivity contribution in [3.05, 3.63) is 29.9 Å². The number of aromatic nitrogens is 2. The Balaban J connectivity index is 2.09. The molecule has 0 aliphatic carbocycles. The number of hydrogen-bond acceptors (Lipinski definition) is 6. The predicted octanol–water partition coefficient (Wildman–Crippen LogP) is 2.67. The quantitative estimate of drug-likeness (QED) is 0.762. The minimum absolute atomic E-state index is 0.00917. The van der Waals surface area contributed by atoms with E-state index >= 15 is 0 Å². The number of pyridine rings is 1. The van der Waals surface area contributed by atoms with E-state index in [9.17, 15) is 4.79 Å². The molecular formula is C16H19N5OS. The number of anilines is 1. The van der Waals surface area contributed by atoms with Crippen LogP contribution in [0, 0.1) is 17.2 Å². The first-order valence-corrected chi connectivity index (χ1v) is 8.25. The van der Waals surface area contributed by atoms with E-state index in [1.54, 1.807) is 12.4 Å². The Hall–Kier alpha value is -2.46. The topological polar surface area (TPSA) is 90.7 Å². The smallest absolute Gasteiger partial charge is 0.243 e. The van der Waals surface area contributed by atoms with E-state index in [1.165, 1.54) is 11.3 Å². The Kier molecular flexibility index (Phi) is 6.06. The van der Waals surface area contributed by atoms with Gasteiger partial charge in [-0.15, -0.1) is 11.3 Å². The van der Waals surface area contributed by atoms with Crippen molar-refractivity contribution in [2.24, 2.45) is 5.92 Å². The fourth-order valence-electron chi connectivity index (χ4n) is 2.10. The highest BCUT2D eigenvalue weighted by Crippen LogP contribution is 2.25. The van der Waals surface area contributed by atoms with E-state index in [0.717, 1.165) is 11.3 Å². The summed E-state index contributed by atoms with van der Waals surface area (Å²) >= 11 is 1.45. The second-order valence-electron chi connectivity index (χ2n) is 5.48. The maximum Gasteiger partial charge on any atom is 0.243 e. The van der Waals surface area contributed by atoms with Gasteiger partial charge in [-0.1, -0.05) is 13.8 Å². The third-order valence-electron chi connectivity index (χ3n) is 3.14. The van der Waals surface area contributed by atoms with Crippen LogP contribution in [0.4, 0.5) is 5.13 Å². The number of thiazole rings is 1. The van der Waals surface area contributed by atoms with Crippen LogP contribution in [0.15, 0.2) is 29.9 Å². The molecule has 7 heteroatoms. The Labute approximate surface area is 139 Å². The van der Waals surface area contributed by atoms with Gasteiger partial charge < -0.3 is 10.6 Å². The summed E-state index contributed by atoms with van der Waals surface area (Å²) in [5.41, 5.74) is 1.83. The number of nitrogens with zero attached hydrogens (tertiary/aromatic N) is 3. The standard InChI is InChI=1S/C16H19N5OS/c1-11(2)9-13(15(22)19-8-5-17)20-16-21-14(10-23-16)12-3-6-18-7-4-12/h3-4,6-7,10-11,13H,8-9H2,1-2H3,(H,19,22)(H,20,21). The molecule has 2 rings (SSSR count). The number of amides is 1. The van der Waals surface area contributed by atoms with E-state index in [2.05, 4.69) is 34.4 Å². The third-order valence-corrected chi connectivity index (χ3v) is 3.92. The average Bonchev–Trinajstić information content (AvgIpc) is 3.01. The largest absolute Gasteiger partial charge is 0.350 e. The van der Waals surface area contributed by atoms with Gasteiger partial charge in [-0.3, -0.25) is 9.78 Å². The van der Waals surface area contributed by atoms with E-state index in [0.29, 0.717) is 17.5 Å². The lowest BCUT2D eigenvalue weighted by atomic mass is 10.0. The lowest BCUT2D eigenvalue weighted by molar-refractivity contribution is -0.121. The number of rotatable bonds is 7. The molecule has 1 unspecified atom stereocenters. The van der Waals surface area contributed by atoms with Gasteiger partial charge in [-0.05, 0) is 24.5 Å². The molecule has 120 valence electrons. The molecule has 2 aromatic heterocycles. The first kappa shape index (κ1) is 16.9. The highest BCUT2D eigenvalue weighted by Gasteiger charge is 2.20. The van der Waals surface area contributed by atoms with Crippen molar-refractivity contribution in [2.45, 2.75) is 26.3 Å². The number of nitriles is 1. The maximum absolute atomic E-state index is 12.2. The van der Waals surface area contributed by atoms with Crippen molar-refractivity contribution in [1.29, 1.82) is 5.26 Å². The second kappa shape index (κ2) is 8.25. The summed E-state index contributed by atoms with van der Waals surface area (Å²) in [6, 6.07) is 5.30. The number of hydrogen-bond donors (Lipinski definition) is 2.